The number of para-hydroxylation sites is 2. The Hall–Kier alpha value is -3.18. The molecule has 0 unspecified atom stereocenters. The molecular weight excluding hydrogens is 336 g/mol. The molecule has 0 spiro atoms. The smallest absolute Gasteiger partial charge is 0.266 e. The molecule has 25 heavy (non-hydrogen) atoms. The van der Waals surface area contributed by atoms with E-state index in [-0.39, 0.29) is 5.56 Å². The van der Waals surface area contributed by atoms with Crippen LogP contribution < -0.4 is 5.56 Å². The van der Waals surface area contributed by atoms with E-state index in [4.69, 9.17) is 11.6 Å². The fourth-order valence-corrected chi connectivity index (χ4v) is 3.25. The Labute approximate surface area is 146 Å². The van der Waals surface area contributed by atoms with Gasteiger partial charge in [-0.2, -0.15) is 0 Å². The molecule has 5 nitrogen and oxygen atoms in total. The van der Waals surface area contributed by atoms with Crippen LogP contribution in [0.1, 0.15) is 0 Å². The van der Waals surface area contributed by atoms with Crippen LogP contribution in [-0.4, -0.2) is 18.9 Å². The first-order valence-electron chi connectivity index (χ1n) is 7.76. The van der Waals surface area contributed by atoms with Gasteiger partial charge in [0.15, 0.2) is 0 Å². The summed E-state index contributed by atoms with van der Waals surface area (Å²) in [6.45, 7) is 0. The summed E-state index contributed by atoms with van der Waals surface area (Å²) in [4.78, 5) is 21.9. The second-order valence-corrected chi connectivity index (χ2v) is 6.20. The largest absolute Gasteiger partial charge is 0.284 e. The van der Waals surface area contributed by atoms with Crippen LogP contribution >= 0.6 is 11.6 Å². The molecule has 0 aliphatic rings. The number of halogens is 1. The molecule has 0 fully saturated rings. The van der Waals surface area contributed by atoms with Gasteiger partial charge in [-0.1, -0.05) is 23.7 Å². The van der Waals surface area contributed by atoms with Gasteiger partial charge in [-0.05, 0) is 42.5 Å². The van der Waals surface area contributed by atoms with Crippen molar-refractivity contribution < 1.29 is 0 Å². The highest BCUT2D eigenvalue weighted by atomic mass is 35.5. The maximum Gasteiger partial charge on any atom is 0.266 e. The summed E-state index contributed by atoms with van der Waals surface area (Å²) >= 11 is 5.93. The predicted octanol–water partition coefficient (Wildman–Crippen LogP) is 3.84. The Bertz CT molecular complexity index is 1320. The minimum Gasteiger partial charge on any atom is -0.284 e. The number of rotatable bonds is 1. The van der Waals surface area contributed by atoms with Gasteiger partial charge in [0.05, 0.1) is 21.9 Å². The Morgan fingerprint density at radius 3 is 2.56 bits per heavy atom. The van der Waals surface area contributed by atoms with Crippen molar-refractivity contribution in [2.75, 3.05) is 0 Å². The van der Waals surface area contributed by atoms with Gasteiger partial charge >= 0.3 is 0 Å². The lowest BCUT2D eigenvalue weighted by molar-refractivity contribution is 1.00. The SMILES string of the molecule is O=c1c2cnc3nc4ccccc4n3c2ccn1-c1ccc(Cl)cc1. The summed E-state index contributed by atoms with van der Waals surface area (Å²) in [6, 6.07) is 16.9. The van der Waals surface area contributed by atoms with E-state index >= 15 is 0 Å². The van der Waals surface area contributed by atoms with Gasteiger partial charge in [0.2, 0.25) is 5.78 Å². The maximum atomic E-state index is 13.0. The van der Waals surface area contributed by atoms with E-state index in [0.717, 1.165) is 22.2 Å². The van der Waals surface area contributed by atoms with Crippen molar-refractivity contribution in [3.8, 4) is 5.69 Å². The first-order chi connectivity index (χ1) is 12.2. The van der Waals surface area contributed by atoms with Crippen molar-refractivity contribution in [2.24, 2.45) is 0 Å². The van der Waals surface area contributed by atoms with E-state index in [1.807, 2.05) is 46.9 Å². The lowest BCUT2D eigenvalue weighted by Crippen LogP contribution is -2.18. The van der Waals surface area contributed by atoms with Gasteiger partial charge in [0.1, 0.15) is 0 Å². The summed E-state index contributed by atoms with van der Waals surface area (Å²) in [5.74, 6) is 0.581. The summed E-state index contributed by atoms with van der Waals surface area (Å²) in [5, 5.41) is 1.17. The number of fused-ring (bicyclic) bond motifs is 5. The molecule has 2 aromatic carbocycles. The third-order valence-electron chi connectivity index (χ3n) is 4.30. The molecule has 3 heterocycles. The molecule has 5 aromatic rings. The Morgan fingerprint density at radius 1 is 0.920 bits per heavy atom. The molecule has 6 heteroatoms. The topological polar surface area (TPSA) is 52.2 Å². The molecule has 5 rings (SSSR count). The van der Waals surface area contributed by atoms with Gasteiger partial charge in [-0.25, -0.2) is 9.97 Å². The molecular formula is C19H11ClN4O. The molecule has 0 saturated heterocycles. The van der Waals surface area contributed by atoms with Gasteiger partial charge in [0, 0.05) is 23.1 Å². The fourth-order valence-electron chi connectivity index (χ4n) is 3.12. The summed E-state index contributed by atoms with van der Waals surface area (Å²) < 4.78 is 3.50. The Morgan fingerprint density at radius 2 is 1.72 bits per heavy atom. The number of benzene rings is 2. The van der Waals surface area contributed by atoms with Crippen LogP contribution in [0.25, 0.3) is 33.4 Å². The third kappa shape index (κ3) is 2.06. The monoisotopic (exact) mass is 346 g/mol. The number of pyridine rings is 1. The highest BCUT2D eigenvalue weighted by molar-refractivity contribution is 6.30. The fraction of sp³-hybridized carbons (Fsp3) is 0. The summed E-state index contributed by atoms with van der Waals surface area (Å²) in [7, 11) is 0. The second-order valence-electron chi connectivity index (χ2n) is 5.76. The van der Waals surface area contributed by atoms with Crippen LogP contribution in [0.3, 0.4) is 0 Å². The Balaban J connectivity index is 1.87. The third-order valence-corrected chi connectivity index (χ3v) is 4.56. The average Bonchev–Trinajstić information content (AvgIpc) is 3.02. The van der Waals surface area contributed by atoms with Crippen LogP contribution in [0, 0.1) is 0 Å². The zero-order valence-corrected chi connectivity index (χ0v) is 13.7. The minimum atomic E-state index is -0.132. The van der Waals surface area contributed by atoms with E-state index in [1.54, 1.807) is 29.1 Å². The normalized spacial score (nSPS) is 11.6. The molecule has 120 valence electrons. The van der Waals surface area contributed by atoms with Gasteiger partial charge < -0.3 is 0 Å². The maximum absolute atomic E-state index is 13.0. The van der Waals surface area contributed by atoms with E-state index in [9.17, 15) is 4.79 Å². The van der Waals surface area contributed by atoms with Crippen molar-refractivity contribution >= 4 is 39.3 Å². The van der Waals surface area contributed by atoms with Crippen LogP contribution in [0.4, 0.5) is 0 Å². The van der Waals surface area contributed by atoms with Crippen LogP contribution in [0.2, 0.25) is 5.02 Å². The van der Waals surface area contributed by atoms with E-state index in [1.165, 1.54) is 0 Å². The number of imidazole rings is 1. The van der Waals surface area contributed by atoms with Crippen molar-refractivity contribution in [3.05, 3.63) is 82.4 Å². The average molecular weight is 347 g/mol. The van der Waals surface area contributed by atoms with Crippen molar-refractivity contribution in [2.45, 2.75) is 0 Å². The van der Waals surface area contributed by atoms with Crippen molar-refractivity contribution in [1.29, 1.82) is 0 Å². The summed E-state index contributed by atoms with van der Waals surface area (Å²) in [6.07, 6.45) is 3.35. The zero-order chi connectivity index (χ0) is 17.0. The second kappa shape index (κ2) is 5.16. The molecule has 3 aromatic heterocycles. The van der Waals surface area contributed by atoms with E-state index < -0.39 is 0 Å². The number of nitrogens with zero attached hydrogens (tertiary/aromatic N) is 4. The predicted molar refractivity (Wildman–Crippen MR) is 98.6 cm³/mol. The van der Waals surface area contributed by atoms with E-state index in [0.29, 0.717) is 16.2 Å². The lowest BCUT2D eigenvalue weighted by atomic mass is 10.2. The Kier molecular flexibility index (Phi) is 2.93. The van der Waals surface area contributed by atoms with Crippen molar-refractivity contribution in [3.63, 3.8) is 0 Å². The van der Waals surface area contributed by atoms with Crippen LogP contribution in [-0.2, 0) is 0 Å². The minimum absolute atomic E-state index is 0.132. The highest BCUT2D eigenvalue weighted by Crippen LogP contribution is 2.20. The molecule has 0 N–H and O–H groups in total. The molecule has 0 radical (unpaired) electrons. The van der Waals surface area contributed by atoms with Crippen molar-refractivity contribution in [1.82, 2.24) is 18.9 Å². The molecule has 0 aliphatic carbocycles. The van der Waals surface area contributed by atoms with Crippen LogP contribution in [0.5, 0.6) is 0 Å². The zero-order valence-electron chi connectivity index (χ0n) is 12.9. The molecule has 0 atom stereocenters. The quantitative estimate of drug-likeness (QED) is 0.463. The van der Waals surface area contributed by atoms with Gasteiger partial charge in [-0.15, -0.1) is 0 Å². The van der Waals surface area contributed by atoms with E-state index in [2.05, 4.69) is 9.97 Å². The molecule has 0 saturated carbocycles. The standard InChI is InChI=1S/C19H11ClN4O/c20-12-5-7-13(8-6-12)23-10-9-16-14(18(23)25)11-21-19-22-15-3-1-2-4-17(15)24(16)19/h1-11H. The first-order valence-corrected chi connectivity index (χ1v) is 8.14. The number of hydrogen-bond donors (Lipinski definition) is 0. The number of hydrogen-bond acceptors (Lipinski definition) is 3. The first kappa shape index (κ1) is 14.2. The molecule has 0 bridgehead atoms. The number of aromatic nitrogens is 4. The summed E-state index contributed by atoms with van der Waals surface area (Å²) in [5.41, 5.74) is 3.19. The van der Waals surface area contributed by atoms with Gasteiger partial charge in [-0.3, -0.25) is 13.8 Å². The molecule has 0 aliphatic heterocycles. The highest BCUT2D eigenvalue weighted by Gasteiger charge is 2.12. The molecule has 0 amide bonds. The van der Waals surface area contributed by atoms with Gasteiger partial charge in [0.25, 0.3) is 5.56 Å². The lowest BCUT2D eigenvalue weighted by Gasteiger charge is -2.08. The van der Waals surface area contributed by atoms with Crippen LogP contribution in [0.15, 0.2) is 71.8 Å².